The van der Waals surface area contributed by atoms with Crippen LogP contribution in [-0.4, -0.2) is 26.9 Å². The van der Waals surface area contributed by atoms with Crippen LogP contribution in [0.1, 0.15) is 26.3 Å². The highest BCUT2D eigenvalue weighted by Gasteiger charge is 2.49. The van der Waals surface area contributed by atoms with Gasteiger partial charge in [-0.05, 0) is 21.0 Å². The molecule has 3 aromatic carbocycles. The van der Waals surface area contributed by atoms with Crippen molar-refractivity contribution in [3.8, 4) is 0 Å². The number of hydrogen-bond acceptors (Lipinski definition) is 4. The molecule has 3 rings (SSSR count). The van der Waals surface area contributed by atoms with E-state index in [9.17, 15) is 9.59 Å². The second-order valence-electron chi connectivity index (χ2n) is 8.93. The van der Waals surface area contributed by atoms with E-state index in [1.54, 1.807) is 6.08 Å². The molecule has 34 heavy (non-hydrogen) atoms. The molecule has 0 radical (unpaired) electrons. The zero-order valence-electron chi connectivity index (χ0n) is 19.9. The van der Waals surface area contributed by atoms with E-state index in [1.807, 2.05) is 66.7 Å². The Balaban J connectivity index is 1.67. The largest absolute Gasteiger partial charge is 0.444 e. The fourth-order valence-corrected chi connectivity index (χ4v) is 8.49. The number of amides is 2. The quantitative estimate of drug-likeness (QED) is 0.384. The Hall–Kier alpha value is -3.48. The molecule has 0 saturated carbocycles. The SMILES string of the molecule is CC(C)(C)[Si](OC/C=C/C(=O)NC(=O)OCc1ccccc1)(c1ccccc1)c1ccccc1. The van der Waals surface area contributed by atoms with Crippen LogP contribution >= 0.6 is 0 Å². The van der Waals surface area contributed by atoms with Crippen molar-refractivity contribution >= 4 is 30.7 Å². The average Bonchev–Trinajstić information content (AvgIpc) is 2.84. The molecule has 0 atom stereocenters. The van der Waals surface area contributed by atoms with E-state index in [4.69, 9.17) is 9.16 Å². The monoisotopic (exact) mass is 473 g/mol. The maximum atomic E-state index is 12.2. The molecule has 3 aromatic rings. The van der Waals surface area contributed by atoms with E-state index in [0.29, 0.717) is 0 Å². The van der Waals surface area contributed by atoms with Gasteiger partial charge in [0.2, 0.25) is 0 Å². The van der Waals surface area contributed by atoms with E-state index < -0.39 is 20.3 Å². The minimum atomic E-state index is -2.68. The van der Waals surface area contributed by atoms with Gasteiger partial charge in [-0.3, -0.25) is 10.1 Å². The van der Waals surface area contributed by atoms with Crippen molar-refractivity contribution in [3.63, 3.8) is 0 Å². The van der Waals surface area contributed by atoms with Crippen molar-refractivity contribution in [2.45, 2.75) is 32.4 Å². The van der Waals surface area contributed by atoms with E-state index >= 15 is 0 Å². The standard InChI is InChI=1S/C28H31NO4Si/c1-28(2,3)34(24-16-9-5-10-17-24,25-18-11-6-12-19-25)33-21-13-20-26(30)29-27(31)32-22-23-14-7-4-8-15-23/h4-20H,21-22H2,1-3H3,(H,29,30,31)/b20-13+. The molecule has 176 valence electrons. The van der Waals surface area contributed by atoms with Crippen LogP contribution < -0.4 is 15.7 Å². The van der Waals surface area contributed by atoms with Crippen molar-refractivity contribution < 1.29 is 18.8 Å². The normalized spacial score (nSPS) is 11.9. The molecular weight excluding hydrogens is 442 g/mol. The minimum absolute atomic E-state index is 0.0978. The molecule has 0 aromatic heterocycles. The lowest BCUT2D eigenvalue weighted by Crippen LogP contribution is -2.66. The van der Waals surface area contributed by atoms with Gasteiger partial charge in [0.1, 0.15) is 6.61 Å². The van der Waals surface area contributed by atoms with E-state index in [-0.39, 0.29) is 18.3 Å². The Morgan fingerprint density at radius 1 is 0.824 bits per heavy atom. The molecule has 0 bridgehead atoms. The highest BCUT2D eigenvalue weighted by atomic mass is 28.4. The molecule has 0 heterocycles. The van der Waals surface area contributed by atoms with Crippen LogP contribution in [0.5, 0.6) is 0 Å². The summed E-state index contributed by atoms with van der Waals surface area (Å²) >= 11 is 0. The topological polar surface area (TPSA) is 64.6 Å². The number of benzene rings is 3. The highest BCUT2D eigenvalue weighted by Crippen LogP contribution is 2.36. The van der Waals surface area contributed by atoms with Gasteiger partial charge >= 0.3 is 6.09 Å². The van der Waals surface area contributed by atoms with Gasteiger partial charge in [0.25, 0.3) is 14.2 Å². The van der Waals surface area contributed by atoms with Crippen LogP contribution in [0.2, 0.25) is 5.04 Å². The van der Waals surface area contributed by atoms with E-state index in [2.05, 4.69) is 50.4 Å². The Bertz CT molecular complexity index is 1050. The summed E-state index contributed by atoms with van der Waals surface area (Å²) in [7, 11) is -2.68. The molecular formula is C28H31NO4Si. The lowest BCUT2D eigenvalue weighted by atomic mass is 10.2. The predicted molar refractivity (Wildman–Crippen MR) is 137 cm³/mol. The summed E-state index contributed by atoms with van der Waals surface area (Å²) in [6.07, 6.45) is 2.16. The van der Waals surface area contributed by atoms with E-state index in [1.165, 1.54) is 6.08 Å². The maximum Gasteiger partial charge on any atom is 0.414 e. The molecule has 0 saturated heterocycles. The predicted octanol–water partition coefficient (Wildman–Crippen LogP) is 4.57. The van der Waals surface area contributed by atoms with Crippen molar-refractivity contribution in [3.05, 3.63) is 109 Å². The van der Waals surface area contributed by atoms with Crippen molar-refractivity contribution in [1.82, 2.24) is 5.32 Å². The molecule has 5 nitrogen and oxygen atoms in total. The fourth-order valence-electron chi connectivity index (χ4n) is 3.99. The lowest BCUT2D eigenvalue weighted by molar-refractivity contribution is -0.115. The number of carbonyl (C=O) groups excluding carboxylic acids is 2. The van der Waals surface area contributed by atoms with Crippen LogP contribution in [0.25, 0.3) is 0 Å². The van der Waals surface area contributed by atoms with Crippen molar-refractivity contribution in [2.75, 3.05) is 6.61 Å². The van der Waals surface area contributed by atoms with Gasteiger partial charge in [-0.25, -0.2) is 4.79 Å². The third-order valence-corrected chi connectivity index (χ3v) is 10.5. The van der Waals surface area contributed by atoms with Gasteiger partial charge in [0, 0.05) is 6.08 Å². The van der Waals surface area contributed by atoms with Gasteiger partial charge in [-0.2, -0.15) is 0 Å². The van der Waals surface area contributed by atoms with Gasteiger partial charge in [0.05, 0.1) is 6.61 Å². The molecule has 0 unspecified atom stereocenters. The second-order valence-corrected chi connectivity index (χ2v) is 13.2. The van der Waals surface area contributed by atoms with Gasteiger partial charge in [-0.15, -0.1) is 0 Å². The number of carbonyl (C=O) groups is 2. The van der Waals surface area contributed by atoms with E-state index in [0.717, 1.165) is 15.9 Å². The summed E-state index contributed by atoms with van der Waals surface area (Å²) in [6.45, 7) is 6.91. The second kappa shape index (κ2) is 11.6. The molecule has 1 N–H and O–H groups in total. The molecule has 0 fully saturated rings. The summed E-state index contributed by atoms with van der Waals surface area (Å²) in [4.78, 5) is 24.1. The summed E-state index contributed by atoms with van der Waals surface area (Å²) < 4.78 is 11.8. The Kier molecular flexibility index (Phi) is 8.57. The fraction of sp³-hybridized carbons (Fsp3) is 0.214. The first-order valence-electron chi connectivity index (χ1n) is 11.3. The van der Waals surface area contributed by atoms with Crippen LogP contribution in [0.15, 0.2) is 103 Å². The minimum Gasteiger partial charge on any atom is -0.444 e. The zero-order valence-corrected chi connectivity index (χ0v) is 20.9. The first-order valence-corrected chi connectivity index (χ1v) is 13.2. The molecule has 6 heteroatoms. The molecule has 0 aliphatic carbocycles. The Labute approximate surface area is 202 Å². The lowest BCUT2D eigenvalue weighted by Gasteiger charge is -2.42. The molecule has 2 amide bonds. The average molecular weight is 474 g/mol. The number of rotatable bonds is 8. The molecule has 0 aliphatic heterocycles. The zero-order chi connectivity index (χ0) is 24.4. The van der Waals surface area contributed by atoms with Gasteiger partial charge < -0.3 is 9.16 Å². The van der Waals surface area contributed by atoms with Crippen LogP contribution in [0.4, 0.5) is 4.79 Å². The number of alkyl carbamates (subject to hydrolysis) is 1. The summed E-state index contributed by atoms with van der Waals surface area (Å²) in [5.74, 6) is -0.552. The summed E-state index contributed by atoms with van der Waals surface area (Å²) in [6, 6.07) is 29.8. The summed E-state index contributed by atoms with van der Waals surface area (Å²) in [5.41, 5.74) is 0.847. The third-order valence-electron chi connectivity index (χ3n) is 5.52. The molecule has 0 spiro atoms. The Morgan fingerprint density at radius 2 is 1.32 bits per heavy atom. The first kappa shape index (κ1) is 25.1. The summed E-state index contributed by atoms with van der Waals surface area (Å²) in [5, 5.41) is 4.38. The van der Waals surface area contributed by atoms with Crippen molar-refractivity contribution in [2.24, 2.45) is 0 Å². The number of hydrogen-bond donors (Lipinski definition) is 1. The first-order chi connectivity index (χ1) is 16.3. The van der Waals surface area contributed by atoms with Crippen LogP contribution in [-0.2, 0) is 20.6 Å². The maximum absolute atomic E-state index is 12.2. The van der Waals surface area contributed by atoms with Crippen molar-refractivity contribution in [1.29, 1.82) is 0 Å². The smallest absolute Gasteiger partial charge is 0.414 e. The van der Waals surface area contributed by atoms with Gasteiger partial charge in [-0.1, -0.05) is 118 Å². The third kappa shape index (κ3) is 6.31. The number of ether oxygens (including phenoxy) is 1. The molecule has 0 aliphatic rings. The Morgan fingerprint density at radius 3 is 1.82 bits per heavy atom. The highest BCUT2D eigenvalue weighted by molar-refractivity contribution is 6.99. The van der Waals surface area contributed by atoms with Gasteiger partial charge in [0.15, 0.2) is 0 Å². The number of imide groups is 1. The van der Waals surface area contributed by atoms with Crippen LogP contribution in [0.3, 0.4) is 0 Å². The number of nitrogens with one attached hydrogen (secondary N) is 1. The van der Waals surface area contributed by atoms with Crippen LogP contribution in [0, 0.1) is 0 Å².